The zero-order valence-corrected chi connectivity index (χ0v) is 16.5. The SMILES string of the molecule is Cc1cc(C)c(NC(=O)[C@H]2CC(=O)N(c3cccc4ccccc34)C2)c(C)c1. The summed E-state index contributed by atoms with van der Waals surface area (Å²) in [5, 5.41) is 5.18. The minimum atomic E-state index is -0.355. The minimum Gasteiger partial charge on any atom is -0.325 e. The van der Waals surface area contributed by atoms with Gasteiger partial charge in [-0.2, -0.15) is 0 Å². The smallest absolute Gasteiger partial charge is 0.229 e. The molecule has 4 rings (SSSR count). The van der Waals surface area contributed by atoms with E-state index < -0.39 is 0 Å². The molecule has 0 saturated carbocycles. The molecule has 0 aliphatic carbocycles. The van der Waals surface area contributed by atoms with Crippen LogP contribution < -0.4 is 10.2 Å². The number of anilines is 2. The number of carbonyl (C=O) groups is 2. The monoisotopic (exact) mass is 372 g/mol. The van der Waals surface area contributed by atoms with Crippen molar-refractivity contribution < 1.29 is 9.59 Å². The maximum absolute atomic E-state index is 12.9. The van der Waals surface area contributed by atoms with E-state index in [2.05, 4.69) is 17.4 Å². The largest absolute Gasteiger partial charge is 0.325 e. The molecule has 0 bridgehead atoms. The fraction of sp³-hybridized carbons (Fsp3) is 0.250. The molecule has 4 nitrogen and oxygen atoms in total. The third-order valence-corrected chi connectivity index (χ3v) is 5.48. The number of hydrogen-bond acceptors (Lipinski definition) is 2. The van der Waals surface area contributed by atoms with Crippen molar-refractivity contribution in [3.05, 3.63) is 71.3 Å². The number of aryl methyl sites for hydroxylation is 3. The molecule has 1 aliphatic heterocycles. The first kappa shape index (κ1) is 18.2. The lowest BCUT2D eigenvalue weighted by molar-refractivity contribution is -0.122. The first-order chi connectivity index (χ1) is 13.4. The first-order valence-electron chi connectivity index (χ1n) is 9.61. The minimum absolute atomic E-state index is 0.00569. The normalized spacial score (nSPS) is 16.6. The summed E-state index contributed by atoms with van der Waals surface area (Å²) >= 11 is 0. The standard InChI is InChI=1S/C24H24N2O2/c1-15-11-16(2)23(17(3)12-15)25-24(28)19-13-22(27)26(14-19)21-10-6-8-18-7-4-5-9-20(18)21/h4-12,19H,13-14H2,1-3H3,(H,25,28)/t19-/m0/s1. The van der Waals surface area contributed by atoms with Crippen molar-refractivity contribution >= 4 is 34.0 Å². The molecule has 142 valence electrons. The van der Waals surface area contributed by atoms with Crippen LogP contribution in [0.4, 0.5) is 11.4 Å². The number of nitrogens with zero attached hydrogens (tertiary/aromatic N) is 1. The van der Waals surface area contributed by atoms with Gasteiger partial charge in [0.15, 0.2) is 0 Å². The number of benzene rings is 3. The highest BCUT2D eigenvalue weighted by Crippen LogP contribution is 2.32. The van der Waals surface area contributed by atoms with Crippen molar-refractivity contribution in [3.8, 4) is 0 Å². The Morgan fingerprint density at radius 2 is 1.68 bits per heavy atom. The number of hydrogen-bond donors (Lipinski definition) is 1. The van der Waals surface area contributed by atoms with E-state index in [1.807, 2.05) is 63.2 Å². The highest BCUT2D eigenvalue weighted by molar-refractivity contribution is 6.08. The number of amides is 2. The first-order valence-corrected chi connectivity index (χ1v) is 9.61. The Morgan fingerprint density at radius 3 is 2.43 bits per heavy atom. The molecule has 1 atom stereocenters. The second kappa shape index (κ2) is 7.12. The molecule has 3 aromatic carbocycles. The number of carbonyl (C=O) groups excluding carboxylic acids is 2. The van der Waals surface area contributed by atoms with Gasteiger partial charge in [-0.1, -0.05) is 54.1 Å². The van der Waals surface area contributed by atoms with Gasteiger partial charge in [0.05, 0.1) is 11.6 Å². The van der Waals surface area contributed by atoms with Crippen molar-refractivity contribution in [2.45, 2.75) is 27.2 Å². The van der Waals surface area contributed by atoms with Gasteiger partial charge >= 0.3 is 0 Å². The van der Waals surface area contributed by atoms with Crippen LogP contribution in [0, 0.1) is 26.7 Å². The van der Waals surface area contributed by atoms with Gasteiger partial charge in [0.25, 0.3) is 0 Å². The Morgan fingerprint density at radius 1 is 1.00 bits per heavy atom. The van der Waals surface area contributed by atoms with Gasteiger partial charge < -0.3 is 10.2 Å². The van der Waals surface area contributed by atoms with Crippen LogP contribution in [0.5, 0.6) is 0 Å². The van der Waals surface area contributed by atoms with Crippen LogP contribution in [0.3, 0.4) is 0 Å². The Kier molecular flexibility index (Phi) is 4.63. The van der Waals surface area contributed by atoms with E-state index in [4.69, 9.17) is 0 Å². The van der Waals surface area contributed by atoms with Crippen LogP contribution in [-0.4, -0.2) is 18.4 Å². The lowest BCUT2D eigenvalue weighted by atomic mass is 10.0. The fourth-order valence-corrected chi connectivity index (χ4v) is 4.16. The van der Waals surface area contributed by atoms with E-state index in [1.54, 1.807) is 4.90 Å². The average molecular weight is 372 g/mol. The van der Waals surface area contributed by atoms with Crippen molar-refractivity contribution in [3.63, 3.8) is 0 Å². The van der Waals surface area contributed by atoms with Crippen LogP contribution in [0.15, 0.2) is 54.6 Å². The predicted molar refractivity (Wildman–Crippen MR) is 114 cm³/mol. The van der Waals surface area contributed by atoms with Crippen LogP contribution in [0.1, 0.15) is 23.1 Å². The molecule has 1 aliphatic rings. The summed E-state index contributed by atoms with van der Waals surface area (Å²) in [6.45, 7) is 6.45. The van der Waals surface area contributed by atoms with E-state index in [0.717, 1.165) is 33.3 Å². The molecule has 0 aromatic heterocycles. The predicted octanol–water partition coefficient (Wildman–Crippen LogP) is 4.76. The van der Waals surface area contributed by atoms with E-state index >= 15 is 0 Å². The molecular weight excluding hydrogens is 348 g/mol. The molecule has 4 heteroatoms. The molecule has 0 unspecified atom stereocenters. The number of rotatable bonds is 3. The second-order valence-electron chi connectivity index (χ2n) is 7.67. The maximum Gasteiger partial charge on any atom is 0.229 e. The lowest BCUT2D eigenvalue weighted by Crippen LogP contribution is -2.28. The molecule has 1 saturated heterocycles. The zero-order valence-electron chi connectivity index (χ0n) is 16.5. The van der Waals surface area contributed by atoms with Gasteiger partial charge in [-0.25, -0.2) is 0 Å². The second-order valence-corrected chi connectivity index (χ2v) is 7.67. The van der Waals surface area contributed by atoms with Gasteiger partial charge in [0, 0.05) is 24.0 Å². The molecule has 3 aromatic rings. The van der Waals surface area contributed by atoms with Crippen LogP contribution in [0.2, 0.25) is 0 Å². The molecule has 1 heterocycles. The molecule has 0 radical (unpaired) electrons. The quantitative estimate of drug-likeness (QED) is 0.721. The summed E-state index contributed by atoms with van der Waals surface area (Å²) in [7, 11) is 0. The van der Waals surface area contributed by atoms with Gasteiger partial charge in [-0.15, -0.1) is 0 Å². The molecule has 28 heavy (non-hydrogen) atoms. The summed E-state index contributed by atoms with van der Waals surface area (Å²) in [4.78, 5) is 27.4. The lowest BCUT2D eigenvalue weighted by Gasteiger charge is -2.19. The van der Waals surface area contributed by atoms with Crippen LogP contribution in [-0.2, 0) is 9.59 Å². The van der Waals surface area contributed by atoms with Gasteiger partial charge in [-0.05, 0) is 43.4 Å². The molecule has 1 fully saturated rings. The zero-order chi connectivity index (χ0) is 19.8. The molecule has 2 amide bonds. The van der Waals surface area contributed by atoms with Gasteiger partial charge in [0.2, 0.25) is 11.8 Å². The van der Waals surface area contributed by atoms with Gasteiger partial charge in [-0.3, -0.25) is 9.59 Å². The van der Waals surface area contributed by atoms with Crippen molar-refractivity contribution in [2.75, 3.05) is 16.8 Å². The third kappa shape index (κ3) is 3.26. The summed E-state index contributed by atoms with van der Waals surface area (Å²) < 4.78 is 0. The van der Waals surface area contributed by atoms with E-state index in [0.29, 0.717) is 6.54 Å². The fourth-order valence-electron chi connectivity index (χ4n) is 4.16. The van der Waals surface area contributed by atoms with E-state index in [9.17, 15) is 9.59 Å². The van der Waals surface area contributed by atoms with Crippen molar-refractivity contribution in [2.24, 2.45) is 5.92 Å². The third-order valence-electron chi connectivity index (χ3n) is 5.48. The van der Waals surface area contributed by atoms with Crippen molar-refractivity contribution in [1.29, 1.82) is 0 Å². The van der Waals surface area contributed by atoms with Gasteiger partial charge in [0.1, 0.15) is 0 Å². The van der Waals surface area contributed by atoms with E-state index in [-0.39, 0.29) is 24.2 Å². The Balaban J connectivity index is 1.57. The molecular formula is C24H24N2O2. The highest BCUT2D eigenvalue weighted by atomic mass is 16.2. The number of fused-ring (bicyclic) bond motifs is 1. The Bertz CT molecular complexity index is 1060. The highest BCUT2D eigenvalue weighted by Gasteiger charge is 2.36. The molecule has 0 spiro atoms. The average Bonchev–Trinajstić information content (AvgIpc) is 3.05. The maximum atomic E-state index is 12.9. The topological polar surface area (TPSA) is 49.4 Å². The summed E-state index contributed by atoms with van der Waals surface area (Å²) in [6, 6.07) is 18.1. The van der Waals surface area contributed by atoms with E-state index in [1.165, 1.54) is 5.56 Å². The van der Waals surface area contributed by atoms with Crippen LogP contribution in [0.25, 0.3) is 10.8 Å². The summed E-state index contributed by atoms with van der Waals surface area (Å²) in [6.07, 6.45) is 0.235. The summed E-state index contributed by atoms with van der Waals surface area (Å²) in [5.41, 5.74) is 4.99. The van der Waals surface area contributed by atoms with Crippen LogP contribution >= 0.6 is 0 Å². The summed E-state index contributed by atoms with van der Waals surface area (Å²) in [5.74, 6) is -0.452. The number of nitrogens with one attached hydrogen (secondary N) is 1. The Hall–Kier alpha value is -3.14. The Labute approximate surface area is 165 Å². The molecule has 1 N–H and O–H groups in total. The van der Waals surface area contributed by atoms with Crippen molar-refractivity contribution in [1.82, 2.24) is 0 Å².